The van der Waals surface area contributed by atoms with Crippen LogP contribution >= 0.6 is 0 Å². The molecular formula is C25H30N4O. The first-order chi connectivity index (χ1) is 14.8. The Bertz CT molecular complexity index is 1030. The highest BCUT2D eigenvalue weighted by molar-refractivity contribution is 6.06. The zero-order chi connectivity index (χ0) is 20.8. The number of benzene rings is 2. The van der Waals surface area contributed by atoms with Crippen molar-refractivity contribution in [3.63, 3.8) is 0 Å². The molecule has 0 unspecified atom stereocenters. The minimum absolute atomic E-state index is 0.725. The van der Waals surface area contributed by atoms with Crippen molar-refractivity contribution in [1.29, 1.82) is 0 Å². The standard InChI is InChI=1S/C25H30N4O/c1-26-18-20-9-11-21(12-10-20)19-28(16-17-30-2)14-15-29-24-8-4-3-6-22(24)23-7-5-13-27-25(23)29/h3-13,26H,14-19H2,1-2H3. The van der Waals surface area contributed by atoms with Gasteiger partial charge in [0.05, 0.1) is 12.1 Å². The summed E-state index contributed by atoms with van der Waals surface area (Å²) in [5.41, 5.74) is 4.93. The minimum atomic E-state index is 0.725. The van der Waals surface area contributed by atoms with Crippen LogP contribution in [0.4, 0.5) is 0 Å². The molecule has 0 fully saturated rings. The third-order valence-corrected chi connectivity index (χ3v) is 5.59. The smallest absolute Gasteiger partial charge is 0.140 e. The fourth-order valence-corrected chi connectivity index (χ4v) is 4.06. The molecule has 0 aliphatic heterocycles. The van der Waals surface area contributed by atoms with E-state index < -0.39 is 0 Å². The predicted octanol–water partition coefficient (Wildman–Crippen LogP) is 4.06. The van der Waals surface area contributed by atoms with Gasteiger partial charge in [-0.1, -0.05) is 42.5 Å². The van der Waals surface area contributed by atoms with Crippen LogP contribution in [0.5, 0.6) is 0 Å². The van der Waals surface area contributed by atoms with E-state index >= 15 is 0 Å². The van der Waals surface area contributed by atoms with Crippen molar-refractivity contribution in [2.24, 2.45) is 0 Å². The van der Waals surface area contributed by atoms with E-state index in [4.69, 9.17) is 4.74 Å². The molecule has 5 heteroatoms. The van der Waals surface area contributed by atoms with Gasteiger partial charge in [-0.25, -0.2) is 4.98 Å². The Morgan fingerprint density at radius 1 is 0.933 bits per heavy atom. The fourth-order valence-electron chi connectivity index (χ4n) is 4.06. The molecule has 2 aromatic heterocycles. The number of aromatic nitrogens is 2. The van der Waals surface area contributed by atoms with E-state index in [9.17, 15) is 0 Å². The van der Waals surface area contributed by atoms with Gasteiger partial charge in [0.1, 0.15) is 5.65 Å². The van der Waals surface area contributed by atoms with Gasteiger partial charge in [-0.15, -0.1) is 0 Å². The lowest BCUT2D eigenvalue weighted by atomic mass is 10.1. The number of methoxy groups -OCH3 is 1. The van der Waals surface area contributed by atoms with Crippen LogP contribution in [-0.4, -0.2) is 48.3 Å². The van der Waals surface area contributed by atoms with Gasteiger partial charge in [0.2, 0.25) is 0 Å². The van der Waals surface area contributed by atoms with Crippen molar-refractivity contribution in [2.45, 2.75) is 19.6 Å². The molecule has 0 saturated carbocycles. The number of rotatable bonds is 10. The summed E-state index contributed by atoms with van der Waals surface area (Å²) in [7, 11) is 3.74. The summed E-state index contributed by atoms with van der Waals surface area (Å²) in [6, 6.07) is 21.6. The van der Waals surface area contributed by atoms with Crippen LogP contribution < -0.4 is 5.32 Å². The SMILES string of the molecule is CNCc1ccc(CN(CCOC)CCn2c3ccccc3c3cccnc32)cc1. The van der Waals surface area contributed by atoms with Crippen molar-refractivity contribution < 1.29 is 4.74 Å². The summed E-state index contributed by atoms with van der Waals surface area (Å²) in [4.78, 5) is 7.14. The van der Waals surface area contributed by atoms with E-state index in [1.54, 1.807) is 7.11 Å². The Labute approximate surface area is 178 Å². The molecule has 0 atom stereocenters. The molecule has 30 heavy (non-hydrogen) atoms. The molecule has 0 amide bonds. The topological polar surface area (TPSA) is 42.3 Å². The highest BCUT2D eigenvalue weighted by Crippen LogP contribution is 2.27. The zero-order valence-electron chi connectivity index (χ0n) is 17.8. The van der Waals surface area contributed by atoms with E-state index in [0.717, 1.165) is 45.0 Å². The summed E-state index contributed by atoms with van der Waals surface area (Å²) >= 11 is 0. The molecule has 0 bridgehead atoms. The van der Waals surface area contributed by atoms with Crippen LogP contribution in [0.15, 0.2) is 66.9 Å². The molecule has 0 spiro atoms. The summed E-state index contributed by atoms with van der Waals surface area (Å²) in [5.74, 6) is 0. The van der Waals surface area contributed by atoms with Crippen molar-refractivity contribution in [2.75, 3.05) is 33.9 Å². The first kappa shape index (κ1) is 20.5. The van der Waals surface area contributed by atoms with Crippen molar-refractivity contribution in [3.8, 4) is 0 Å². The number of nitrogens with one attached hydrogen (secondary N) is 1. The first-order valence-corrected chi connectivity index (χ1v) is 10.6. The van der Waals surface area contributed by atoms with Crippen LogP contribution in [0, 0.1) is 0 Å². The molecule has 0 aliphatic carbocycles. The van der Waals surface area contributed by atoms with Crippen LogP contribution in [0.3, 0.4) is 0 Å². The summed E-state index contributed by atoms with van der Waals surface area (Å²) in [5, 5.41) is 5.69. The van der Waals surface area contributed by atoms with E-state index in [1.807, 2.05) is 19.3 Å². The maximum atomic E-state index is 5.37. The monoisotopic (exact) mass is 402 g/mol. The van der Waals surface area contributed by atoms with Gasteiger partial charge in [0.15, 0.2) is 0 Å². The number of hydrogen-bond acceptors (Lipinski definition) is 4. The zero-order valence-corrected chi connectivity index (χ0v) is 17.8. The average Bonchev–Trinajstić information content (AvgIpc) is 3.11. The predicted molar refractivity (Wildman–Crippen MR) is 124 cm³/mol. The molecule has 0 radical (unpaired) electrons. The number of nitrogens with zero attached hydrogens (tertiary/aromatic N) is 3. The lowest BCUT2D eigenvalue weighted by Gasteiger charge is -2.23. The minimum Gasteiger partial charge on any atom is -0.383 e. The molecule has 4 aromatic rings. The van der Waals surface area contributed by atoms with Gasteiger partial charge < -0.3 is 14.6 Å². The summed E-state index contributed by atoms with van der Waals surface area (Å²) in [6.45, 7) is 5.26. The van der Waals surface area contributed by atoms with E-state index in [0.29, 0.717) is 0 Å². The molecule has 2 heterocycles. The number of ether oxygens (including phenoxy) is 1. The molecular weight excluding hydrogens is 372 g/mol. The number of fused-ring (bicyclic) bond motifs is 3. The summed E-state index contributed by atoms with van der Waals surface area (Å²) in [6.07, 6.45) is 1.88. The first-order valence-electron chi connectivity index (χ1n) is 10.6. The second-order valence-electron chi connectivity index (χ2n) is 7.66. The van der Waals surface area contributed by atoms with Crippen molar-refractivity contribution >= 4 is 21.9 Å². The number of hydrogen-bond donors (Lipinski definition) is 1. The number of pyridine rings is 1. The quantitative estimate of drug-likeness (QED) is 0.434. The Morgan fingerprint density at radius 2 is 1.70 bits per heavy atom. The van der Waals surface area contributed by atoms with Gasteiger partial charge in [-0.05, 0) is 36.4 Å². The van der Waals surface area contributed by atoms with E-state index in [-0.39, 0.29) is 0 Å². The normalized spacial score (nSPS) is 11.7. The van der Waals surface area contributed by atoms with Gasteiger partial charge in [-0.3, -0.25) is 4.90 Å². The second kappa shape index (κ2) is 9.85. The number of para-hydroxylation sites is 1. The molecule has 2 aromatic carbocycles. The van der Waals surface area contributed by atoms with Crippen LogP contribution in [0.25, 0.3) is 21.9 Å². The van der Waals surface area contributed by atoms with Crippen LogP contribution in [0.2, 0.25) is 0 Å². The Hall–Kier alpha value is -2.73. The summed E-state index contributed by atoms with van der Waals surface area (Å²) < 4.78 is 7.72. The van der Waals surface area contributed by atoms with Gasteiger partial charge in [0, 0.05) is 56.8 Å². The Kier molecular flexibility index (Phi) is 6.74. The van der Waals surface area contributed by atoms with Crippen molar-refractivity contribution in [1.82, 2.24) is 19.8 Å². The fraction of sp³-hybridized carbons (Fsp3) is 0.320. The molecule has 0 saturated heterocycles. The van der Waals surface area contributed by atoms with Gasteiger partial charge in [-0.2, -0.15) is 0 Å². The maximum absolute atomic E-state index is 5.37. The molecule has 5 nitrogen and oxygen atoms in total. The molecule has 156 valence electrons. The largest absolute Gasteiger partial charge is 0.383 e. The molecule has 4 rings (SSSR count). The van der Waals surface area contributed by atoms with Gasteiger partial charge >= 0.3 is 0 Å². The lowest BCUT2D eigenvalue weighted by molar-refractivity contribution is 0.142. The molecule has 0 aliphatic rings. The van der Waals surface area contributed by atoms with Crippen LogP contribution in [-0.2, 0) is 24.4 Å². The van der Waals surface area contributed by atoms with Crippen LogP contribution in [0.1, 0.15) is 11.1 Å². The van der Waals surface area contributed by atoms with Gasteiger partial charge in [0.25, 0.3) is 0 Å². The van der Waals surface area contributed by atoms with Crippen molar-refractivity contribution in [3.05, 3.63) is 78.0 Å². The lowest BCUT2D eigenvalue weighted by Crippen LogP contribution is -2.30. The third-order valence-electron chi connectivity index (χ3n) is 5.59. The van der Waals surface area contributed by atoms with E-state index in [1.165, 1.54) is 27.4 Å². The molecule has 1 N–H and O–H groups in total. The highest BCUT2D eigenvalue weighted by atomic mass is 16.5. The Balaban J connectivity index is 1.54. The Morgan fingerprint density at radius 3 is 2.50 bits per heavy atom. The highest BCUT2D eigenvalue weighted by Gasteiger charge is 2.13. The maximum Gasteiger partial charge on any atom is 0.140 e. The van der Waals surface area contributed by atoms with E-state index in [2.05, 4.69) is 74.4 Å². The second-order valence-corrected chi connectivity index (χ2v) is 7.66. The average molecular weight is 403 g/mol. The third kappa shape index (κ3) is 4.54.